The maximum Gasteiger partial charge on any atom is 0.143 e. The first-order valence-electron chi connectivity index (χ1n) is 11.2. The van der Waals surface area contributed by atoms with E-state index in [9.17, 15) is 0 Å². The van der Waals surface area contributed by atoms with Crippen LogP contribution in [0, 0.1) is 12.8 Å². The number of hydrogen-bond donors (Lipinski definition) is 0. The fourth-order valence-electron chi connectivity index (χ4n) is 6.20. The molecule has 0 fully saturated rings. The summed E-state index contributed by atoms with van der Waals surface area (Å²) in [4.78, 5) is 5.17. The first-order chi connectivity index (χ1) is 15.1. The van der Waals surface area contributed by atoms with Crippen molar-refractivity contribution in [3.8, 4) is 16.8 Å². The van der Waals surface area contributed by atoms with Crippen LogP contribution >= 0.6 is 0 Å². The zero-order valence-corrected chi connectivity index (χ0v) is 18.3. The molecule has 31 heavy (non-hydrogen) atoms. The van der Waals surface area contributed by atoms with E-state index in [2.05, 4.69) is 85.1 Å². The minimum atomic E-state index is 0.0194. The van der Waals surface area contributed by atoms with Crippen molar-refractivity contribution in [1.29, 1.82) is 0 Å². The molecule has 0 radical (unpaired) electrons. The highest BCUT2D eigenvalue weighted by molar-refractivity contribution is 5.64. The molecule has 0 saturated carbocycles. The lowest BCUT2D eigenvalue weighted by Gasteiger charge is -2.46. The summed E-state index contributed by atoms with van der Waals surface area (Å²) in [5.41, 5.74) is 7.59. The lowest BCUT2D eigenvalue weighted by molar-refractivity contribution is 0.171. The van der Waals surface area contributed by atoms with Gasteiger partial charge in [-0.3, -0.25) is 0 Å². The van der Waals surface area contributed by atoms with E-state index < -0.39 is 0 Å². The number of aryl methyl sites for hydroxylation is 1. The molecule has 3 atom stereocenters. The molecule has 0 saturated heterocycles. The van der Waals surface area contributed by atoms with Crippen LogP contribution in [-0.2, 0) is 18.3 Å². The maximum absolute atomic E-state index is 5.62. The van der Waals surface area contributed by atoms with Gasteiger partial charge in [-0.25, -0.2) is 4.98 Å². The Kier molecular flexibility index (Phi) is 4.01. The van der Waals surface area contributed by atoms with Gasteiger partial charge in [-0.15, -0.1) is 0 Å². The SMILES string of the molecule is Cc1nc2c(n1-c1ccc(-c3ccccc3)cc1)CC[C@H]1[C@H](C)c3oncc3C[C@]21C. The molecular formula is C27H27N3O. The number of rotatable bonds is 2. The van der Waals surface area contributed by atoms with E-state index in [-0.39, 0.29) is 5.41 Å². The number of hydrogen-bond acceptors (Lipinski definition) is 3. The number of aromatic nitrogens is 3. The Labute approximate surface area is 182 Å². The molecule has 4 heteroatoms. The smallest absolute Gasteiger partial charge is 0.143 e. The fourth-order valence-corrected chi connectivity index (χ4v) is 6.20. The third-order valence-corrected chi connectivity index (χ3v) is 7.68. The summed E-state index contributed by atoms with van der Waals surface area (Å²) in [5.74, 6) is 3.06. The van der Waals surface area contributed by atoms with Gasteiger partial charge >= 0.3 is 0 Å². The average molecular weight is 410 g/mol. The van der Waals surface area contributed by atoms with Crippen molar-refractivity contribution in [2.75, 3.05) is 0 Å². The number of imidazole rings is 1. The number of benzene rings is 2. The third kappa shape index (κ3) is 2.67. The largest absolute Gasteiger partial charge is 0.361 e. The Bertz CT molecular complexity index is 1250. The van der Waals surface area contributed by atoms with Gasteiger partial charge in [0.15, 0.2) is 0 Å². The summed E-state index contributed by atoms with van der Waals surface area (Å²) in [6.45, 7) is 6.83. The second-order valence-corrected chi connectivity index (χ2v) is 9.45. The molecular weight excluding hydrogens is 382 g/mol. The third-order valence-electron chi connectivity index (χ3n) is 7.68. The van der Waals surface area contributed by atoms with Gasteiger partial charge in [0.05, 0.1) is 11.9 Å². The van der Waals surface area contributed by atoms with E-state index in [1.165, 1.54) is 33.8 Å². The lowest BCUT2D eigenvalue weighted by Crippen LogP contribution is -2.44. The Morgan fingerprint density at radius 1 is 1.03 bits per heavy atom. The van der Waals surface area contributed by atoms with Crippen molar-refractivity contribution in [3.05, 3.63) is 89.3 Å². The Hall–Kier alpha value is -3.14. The van der Waals surface area contributed by atoms with Gasteiger partial charge in [-0.1, -0.05) is 61.5 Å². The van der Waals surface area contributed by atoms with E-state index in [1.807, 2.05) is 6.20 Å². The van der Waals surface area contributed by atoms with Crippen LogP contribution in [0.2, 0.25) is 0 Å². The highest BCUT2D eigenvalue weighted by Crippen LogP contribution is 2.53. The van der Waals surface area contributed by atoms with E-state index in [0.29, 0.717) is 11.8 Å². The highest BCUT2D eigenvalue weighted by atomic mass is 16.5. The molecule has 0 aliphatic heterocycles. The topological polar surface area (TPSA) is 43.9 Å². The standard InChI is InChI=1S/C27H27N3O/c1-17-23-13-14-24-26(27(23,3)15-21-16-28-31-25(17)21)29-18(2)30(24)22-11-9-20(10-12-22)19-7-5-4-6-8-19/h4-12,16-17,23H,13-15H2,1-3H3/t17-,23-,27-/m0/s1. The molecule has 6 rings (SSSR count). The van der Waals surface area contributed by atoms with E-state index in [4.69, 9.17) is 9.51 Å². The quantitative estimate of drug-likeness (QED) is 0.407. The molecule has 0 N–H and O–H groups in total. The minimum Gasteiger partial charge on any atom is -0.361 e. The van der Waals surface area contributed by atoms with Crippen LogP contribution in [0.25, 0.3) is 16.8 Å². The minimum absolute atomic E-state index is 0.0194. The van der Waals surface area contributed by atoms with Crippen LogP contribution in [0.5, 0.6) is 0 Å². The highest BCUT2D eigenvalue weighted by Gasteiger charge is 2.50. The van der Waals surface area contributed by atoms with Gasteiger partial charge in [0, 0.05) is 28.3 Å². The van der Waals surface area contributed by atoms with Crippen LogP contribution in [0.15, 0.2) is 65.3 Å². The van der Waals surface area contributed by atoms with Crippen LogP contribution < -0.4 is 0 Å². The van der Waals surface area contributed by atoms with E-state index in [0.717, 1.165) is 30.8 Å². The molecule has 2 heterocycles. The lowest BCUT2D eigenvalue weighted by atomic mass is 9.57. The molecule has 2 aliphatic rings. The number of fused-ring (bicyclic) bond motifs is 4. The molecule has 0 bridgehead atoms. The number of nitrogens with zero attached hydrogens (tertiary/aromatic N) is 3. The Morgan fingerprint density at radius 3 is 2.55 bits per heavy atom. The monoisotopic (exact) mass is 409 g/mol. The molecule has 2 aromatic carbocycles. The van der Waals surface area contributed by atoms with Crippen molar-refractivity contribution in [1.82, 2.24) is 14.7 Å². The van der Waals surface area contributed by atoms with Crippen LogP contribution in [0.4, 0.5) is 0 Å². The average Bonchev–Trinajstić information content (AvgIpc) is 3.39. The summed E-state index contributed by atoms with van der Waals surface area (Å²) in [6, 6.07) is 19.4. The van der Waals surface area contributed by atoms with Gasteiger partial charge < -0.3 is 9.09 Å². The van der Waals surface area contributed by atoms with Gasteiger partial charge in [0.25, 0.3) is 0 Å². The molecule has 4 aromatic rings. The maximum atomic E-state index is 5.62. The van der Waals surface area contributed by atoms with Gasteiger partial charge in [0.1, 0.15) is 11.6 Å². The predicted octanol–water partition coefficient (Wildman–Crippen LogP) is 6.02. The van der Waals surface area contributed by atoms with Crippen molar-refractivity contribution in [2.45, 2.75) is 51.4 Å². The Balaban J connectivity index is 1.42. The molecule has 2 aliphatic carbocycles. The van der Waals surface area contributed by atoms with Gasteiger partial charge in [-0.05, 0) is 55.4 Å². The molecule has 0 amide bonds. The zero-order valence-electron chi connectivity index (χ0n) is 18.3. The predicted molar refractivity (Wildman–Crippen MR) is 122 cm³/mol. The molecule has 0 unspecified atom stereocenters. The second-order valence-electron chi connectivity index (χ2n) is 9.45. The van der Waals surface area contributed by atoms with Crippen LogP contribution in [-0.4, -0.2) is 14.7 Å². The first kappa shape index (κ1) is 18.6. The van der Waals surface area contributed by atoms with Gasteiger partial charge in [0.2, 0.25) is 0 Å². The van der Waals surface area contributed by atoms with E-state index in [1.54, 1.807) is 0 Å². The molecule has 0 spiro atoms. The molecule has 156 valence electrons. The van der Waals surface area contributed by atoms with Crippen molar-refractivity contribution in [3.63, 3.8) is 0 Å². The van der Waals surface area contributed by atoms with Crippen molar-refractivity contribution in [2.24, 2.45) is 5.92 Å². The fraction of sp³-hybridized carbons (Fsp3) is 0.333. The first-order valence-corrected chi connectivity index (χ1v) is 11.2. The van der Waals surface area contributed by atoms with Crippen LogP contribution in [0.3, 0.4) is 0 Å². The van der Waals surface area contributed by atoms with Crippen molar-refractivity contribution < 1.29 is 4.52 Å². The normalized spacial score (nSPS) is 24.4. The summed E-state index contributed by atoms with van der Waals surface area (Å²) in [6.07, 6.45) is 5.06. The Morgan fingerprint density at radius 2 is 1.77 bits per heavy atom. The summed E-state index contributed by atoms with van der Waals surface area (Å²) in [7, 11) is 0. The second kappa shape index (κ2) is 6.68. The summed E-state index contributed by atoms with van der Waals surface area (Å²) in [5, 5.41) is 4.10. The van der Waals surface area contributed by atoms with E-state index >= 15 is 0 Å². The molecule has 2 aromatic heterocycles. The summed E-state index contributed by atoms with van der Waals surface area (Å²) >= 11 is 0. The van der Waals surface area contributed by atoms with Crippen LogP contribution in [0.1, 0.15) is 54.7 Å². The summed E-state index contributed by atoms with van der Waals surface area (Å²) < 4.78 is 7.99. The van der Waals surface area contributed by atoms with Crippen molar-refractivity contribution >= 4 is 0 Å². The molecule has 4 nitrogen and oxygen atoms in total. The van der Waals surface area contributed by atoms with Gasteiger partial charge in [-0.2, -0.15) is 0 Å². The zero-order chi connectivity index (χ0) is 21.2.